The molecule has 0 aliphatic carbocycles. The van der Waals surface area contributed by atoms with Gasteiger partial charge in [-0.1, -0.05) is 0 Å². The van der Waals surface area contributed by atoms with E-state index in [-0.39, 0.29) is 17.4 Å². The van der Waals surface area contributed by atoms with Gasteiger partial charge in [-0.2, -0.15) is 0 Å². The van der Waals surface area contributed by atoms with Crippen LogP contribution in [0.4, 0.5) is 0 Å². The molecule has 14 heavy (non-hydrogen) atoms. The Bertz CT molecular complexity index is 102. The molecule has 0 atom stereocenters. The van der Waals surface area contributed by atoms with Gasteiger partial charge < -0.3 is 25.8 Å². The van der Waals surface area contributed by atoms with Crippen LogP contribution < -0.4 is 5.73 Å². The molecule has 86 valence electrons. The van der Waals surface area contributed by atoms with Gasteiger partial charge in [-0.05, 0) is 12.8 Å². The van der Waals surface area contributed by atoms with Crippen molar-refractivity contribution in [3.05, 3.63) is 0 Å². The Labute approximate surface area is 95.0 Å². The average molecular weight is 245 g/mol. The molecule has 6 heteroatoms. The fourth-order valence-corrected chi connectivity index (χ4v) is 0.660. The van der Waals surface area contributed by atoms with Gasteiger partial charge in [0.25, 0.3) is 0 Å². The Morgan fingerprint density at radius 3 is 1.43 bits per heavy atom. The topological polar surface area (TPSA) is 95.9 Å². The summed E-state index contributed by atoms with van der Waals surface area (Å²) in [7, 11) is 0. The minimum Gasteiger partial charge on any atom is -0.394 e. The Morgan fingerprint density at radius 2 is 1.36 bits per heavy atom. The summed E-state index contributed by atoms with van der Waals surface area (Å²) in [6.07, 6.45) is 2.56. The van der Waals surface area contributed by atoms with E-state index in [0.717, 1.165) is 13.2 Å². The quantitative estimate of drug-likeness (QED) is 0.483. The minimum atomic E-state index is -1.21. The van der Waals surface area contributed by atoms with E-state index in [1.54, 1.807) is 0 Å². The molecule has 0 radical (unpaired) electrons. The van der Waals surface area contributed by atoms with Gasteiger partial charge in [-0.3, -0.25) is 0 Å². The molecular formula is C8H19CrNO4. The summed E-state index contributed by atoms with van der Waals surface area (Å²) in [5.41, 5.74) is 3.94. The predicted molar refractivity (Wildman–Crippen MR) is 48.2 cm³/mol. The molecule has 0 aromatic carbocycles. The molecular weight excluding hydrogens is 226 g/mol. The molecule has 0 saturated carbocycles. The summed E-state index contributed by atoms with van der Waals surface area (Å²) in [6.45, 7) is 0.792. The second-order valence-corrected chi connectivity index (χ2v) is 3.16. The van der Waals surface area contributed by atoms with Crippen molar-refractivity contribution in [3.63, 3.8) is 0 Å². The van der Waals surface area contributed by atoms with Crippen LogP contribution in [0, 0.1) is 0 Å². The molecule has 0 aromatic rings. The molecule has 1 aliphatic rings. The standard InChI is InChI=1S/C4H11NO3.C4H8O.Cr/c5-4(1-6,2-7)3-8;1-2-4-5-3-1;/h6-8H,1-3,5H2;1-4H2;. The first-order valence-electron chi connectivity index (χ1n) is 4.38. The van der Waals surface area contributed by atoms with Crippen LogP contribution in [-0.4, -0.2) is 53.9 Å². The van der Waals surface area contributed by atoms with Gasteiger partial charge in [0, 0.05) is 30.6 Å². The van der Waals surface area contributed by atoms with Crippen molar-refractivity contribution in [2.75, 3.05) is 33.0 Å². The molecule has 1 rings (SSSR count). The number of nitrogens with two attached hydrogens (primary N) is 1. The van der Waals surface area contributed by atoms with Crippen LogP contribution in [0.15, 0.2) is 0 Å². The van der Waals surface area contributed by atoms with Crippen LogP contribution >= 0.6 is 0 Å². The van der Waals surface area contributed by atoms with Gasteiger partial charge in [0.1, 0.15) is 0 Å². The first-order valence-corrected chi connectivity index (χ1v) is 4.38. The van der Waals surface area contributed by atoms with Gasteiger partial charge in [0.2, 0.25) is 0 Å². The number of aliphatic hydroxyl groups excluding tert-OH is 3. The number of ether oxygens (including phenoxy) is 1. The number of rotatable bonds is 3. The average Bonchev–Trinajstić information content (AvgIpc) is 2.75. The Kier molecular flexibility index (Phi) is 11.8. The third kappa shape index (κ3) is 7.71. The second kappa shape index (κ2) is 9.87. The molecule has 1 fully saturated rings. The fourth-order valence-electron chi connectivity index (χ4n) is 0.660. The van der Waals surface area contributed by atoms with Crippen LogP contribution in [0.3, 0.4) is 0 Å². The van der Waals surface area contributed by atoms with E-state index >= 15 is 0 Å². The van der Waals surface area contributed by atoms with Crippen molar-refractivity contribution in [1.29, 1.82) is 0 Å². The molecule has 0 unspecified atom stereocenters. The SMILES string of the molecule is C1CCOC1.NC(CO)(CO)CO.[Cr]. The van der Waals surface area contributed by atoms with Crippen molar-refractivity contribution in [3.8, 4) is 0 Å². The summed E-state index contributed by atoms with van der Waals surface area (Å²) in [4.78, 5) is 0. The largest absolute Gasteiger partial charge is 0.394 e. The summed E-state index contributed by atoms with van der Waals surface area (Å²) in [6, 6.07) is 0. The number of aliphatic hydroxyl groups is 3. The Balaban J connectivity index is 0. The number of hydrogen-bond acceptors (Lipinski definition) is 5. The molecule has 5 N–H and O–H groups in total. The van der Waals surface area contributed by atoms with Crippen LogP contribution in [-0.2, 0) is 22.1 Å². The van der Waals surface area contributed by atoms with Gasteiger partial charge in [0.05, 0.1) is 25.4 Å². The first kappa shape index (κ1) is 16.8. The third-order valence-electron chi connectivity index (χ3n) is 1.77. The third-order valence-corrected chi connectivity index (χ3v) is 1.77. The maximum absolute atomic E-state index is 8.34. The van der Waals surface area contributed by atoms with Crippen molar-refractivity contribution in [1.82, 2.24) is 0 Å². The van der Waals surface area contributed by atoms with E-state index in [0.29, 0.717) is 0 Å². The summed E-state index contributed by atoms with van der Waals surface area (Å²) < 4.78 is 4.94. The molecule has 1 aliphatic heterocycles. The van der Waals surface area contributed by atoms with E-state index in [1.807, 2.05) is 0 Å². The van der Waals surface area contributed by atoms with Crippen LogP contribution in [0.1, 0.15) is 12.8 Å². The van der Waals surface area contributed by atoms with Gasteiger partial charge in [-0.15, -0.1) is 0 Å². The monoisotopic (exact) mass is 245 g/mol. The summed E-state index contributed by atoms with van der Waals surface area (Å²) >= 11 is 0. The van der Waals surface area contributed by atoms with E-state index in [9.17, 15) is 0 Å². The van der Waals surface area contributed by atoms with Gasteiger partial charge in [-0.25, -0.2) is 0 Å². The zero-order valence-electron chi connectivity index (χ0n) is 8.19. The van der Waals surface area contributed by atoms with Crippen molar-refractivity contribution >= 4 is 0 Å². The Morgan fingerprint density at radius 1 is 1.00 bits per heavy atom. The molecule has 0 amide bonds. The molecule has 0 aromatic heterocycles. The van der Waals surface area contributed by atoms with Crippen molar-refractivity contribution < 1.29 is 37.4 Å². The fraction of sp³-hybridized carbons (Fsp3) is 1.00. The summed E-state index contributed by atoms with van der Waals surface area (Å²) in [5.74, 6) is 0. The van der Waals surface area contributed by atoms with E-state index in [1.165, 1.54) is 12.8 Å². The summed E-state index contributed by atoms with van der Waals surface area (Å²) in [5, 5.41) is 25.0. The molecule has 0 bridgehead atoms. The van der Waals surface area contributed by atoms with Crippen molar-refractivity contribution in [2.45, 2.75) is 18.4 Å². The molecule has 1 saturated heterocycles. The zero-order chi connectivity index (χ0) is 10.2. The van der Waals surface area contributed by atoms with E-state index in [4.69, 9.17) is 25.8 Å². The predicted octanol–water partition coefficient (Wildman–Crippen LogP) is -1.54. The Hall–Kier alpha value is 0.332. The smallest absolute Gasteiger partial charge is 0.0856 e. The van der Waals surface area contributed by atoms with Gasteiger partial charge >= 0.3 is 0 Å². The maximum Gasteiger partial charge on any atom is 0.0856 e. The van der Waals surface area contributed by atoms with Crippen LogP contribution in [0.2, 0.25) is 0 Å². The van der Waals surface area contributed by atoms with E-state index < -0.39 is 25.4 Å². The molecule has 5 nitrogen and oxygen atoms in total. The minimum absolute atomic E-state index is 0. The zero-order valence-corrected chi connectivity index (χ0v) is 9.46. The van der Waals surface area contributed by atoms with Crippen molar-refractivity contribution in [2.24, 2.45) is 5.73 Å². The van der Waals surface area contributed by atoms with Gasteiger partial charge in [0.15, 0.2) is 0 Å². The number of hydrogen-bond donors (Lipinski definition) is 4. The van der Waals surface area contributed by atoms with E-state index in [2.05, 4.69) is 0 Å². The van der Waals surface area contributed by atoms with Crippen LogP contribution in [0.5, 0.6) is 0 Å². The van der Waals surface area contributed by atoms with Crippen LogP contribution in [0.25, 0.3) is 0 Å². The maximum atomic E-state index is 8.34. The molecule has 0 spiro atoms. The molecule has 1 heterocycles. The first-order chi connectivity index (χ1) is 6.18. The normalized spacial score (nSPS) is 15.4. The second-order valence-electron chi connectivity index (χ2n) is 3.16.